The van der Waals surface area contributed by atoms with E-state index in [1.54, 1.807) is 6.20 Å². The zero-order valence-corrected chi connectivity index (χ0v) is 13.9. The summed E-state index contributed by atoms with van der Waals surface area (Å²) in [7, 11) is 0. The zero-order valence-electron chi connectivity index (χ0n) is 11.6. The topological polar surface area (TPSA) is 72.5 Å². The molecule has 0 aliphatic carbocycles. The van der Waals surface area contributed by atoms with Crippen LogP contribution in [0.1, 0.15) is 26.2 Å². The molecular formula is C14H21IN4O. The van der Waals surface area contributed by atoms with Gasteiger partial charge in [-0.2, -0.15) is 0 Å². The average molecular weight is 388 g/mol. The number of rotatable bonds is 3. The lowest BCUT2D eigenvalue weighted by Crippen LogP contribution is -2.34. The summed E-state index contributed by atoms with van der Waals surface area (Å²) < 4.78 is 5.90. The number of anilines is 1. The van der Waals surface area contributed by atoms with Crippen molar-refractivity contribution in [2.24, 2.45) is 16.1 Å². The number of aliphatic imine (C=N–C) groups is 1. The summed E-state index contributed by atoms with van der Waals surface area (Å²) in [5.74, 6) is 1.14. The van der Waals surface area contributed by atoms with Crippen molar-refractivity contribution in [3.05, 3.63) is 24.4 Å². The second-order valence-electron chi connectivity index (χ2n) is 5.72. The number of halogens is 1. The number of nitrogens with two attached hydrogens (primary N) is 1. The Labute approximate surface area is 136 Å². The van der Waals surface area contributed by atoms with E-state index in [1.807, 2.05) is 18.2 Å². The third-order valence-corrected chi connectivity index (χ3v) is 4.11. The number of aromatic nitrogens is 1. The normalized spacial score (nSPS) is 31.9. The van der Waals surface area contributed by atoms with Gasteiger partial charge in [0.05, 0.1) is 18.8 Å². The molecule has 5 nitrogen and oxygen atoms in total. The van der Waals surface area contributed by atoms with E-state index in [4.69, 9.17) is 10.5 Å². The molecule has 110 valence electrons. The van der Waals surface area contributed by atoms with E-state index < -0.39 is 0 Å². The molecule has 2 bridgehead atoms. The Hall–Kier alpha value is -0.890. The fourth-order valence-electron chi connectivity index (χ4n) is 3.06. The summed E-state index contributed by atoms with van der Waals surface area (Å²) in [5, 5.41) is 3.00. The molecule has 3 rings (SSSR count). The first kappa shape index (κ1) is 15.5. The van der Waals surface area contributed by atoms with Gasteiger partial charge in [0.15, 0.2) is 5.96 Å². The predicted octanol–water partition coefficient (Wildman–Crippen LogP) is 2.38. The number of ether oxygens (including phenoxy) is 1. The van der Waals surface area contributed by atoms with Crippen LogP contribution in [0.15, 0.2) is 29.4 Å². The Morgan fingerprint density at radius 1 is 1.55 bits per heavy atom. The van der Waals surface area contributed by atoms with Crippen LogP contribution in [0.25, 0.3) is 0 Å². The highest BCUT2D eigenvalue weighted by Gasteiger charge is 2.49. The van der Waals surface area contributed by atoms with Crippen molar-refractivity contribution in [2.45, 2.75) is 38.4 Å². The lowest BCUT2D eigenvalue weighted by Gasteiger charge is -2.29. The Balaban J connectivity index is 0.00000147. The van der Waals surface area contributed by atoms with Gasteiger partial charge < -0.3 is 15.8 Å². The van der Waals surface area contributed by atoms with E-state index in [9.17, 15) is 0 Å². The smallest absolute Gasteiger partial charge is 0.194 e. The number of pyridine rings is 1. The highest BCUT2D eigenvalue weighted by Crippen LogP contribution is 2.47. The minimum Gasteiger partial charge on any atom is -0.374 e. The van der Waals surface area contributed by atoms with E-state index in [-0.39, 0.29) is 29.4 Å². The van der Waals surface area contributed by atoms with Gasteiger partial charge in [0.1, 0.15) is 5.82 Å². The van der Waals surface area contributed by atoms with Gasteiger partial charge in [-0.25, -0.2) is 4.98 Å². The molecule has 0 amide bonds. The summed E-state index contributed by atoms with van der Waals surface area (Å²) in [6.07, 6.45) is 5.97. The highest BCUT2D eigenvalue weighted by molar-refractivity contribution is 14.0. The third-order valence-electron chi connectivity index (χ3n) is 4.11. The number of guanidine groups is 1. The monoisotopic (exact) mass is 388 g/mol. The van der Waals surface area contributed by atoms with Crippen LogP contribution in [0.5, 0.6) is 0 Å². The molecule has 3 unspecified atom stereocenters. The standard InChI is InChI=1S/C14H20N4O.HI/c1-14(8-10-5-6-11(14)19-10)9-17-13(15)18-12-4-2-3-7-16-12;/h2-4,7,10-11H,5-6,8-9H2,1H3,(H3,15,16,17,18);1H. The maximum Gasteiger partial charge on any atom is 0.194 e. The molecule has 3 heterocycles. The molecule has 0 saturated carbocycles. The van der Waals surface area contributed by atoms with Gasteiger partial charge in [-0.1, -0.05) is 13.0 Å². The van der Waals surface area contributed by atoms with Crippen molar-refractivity contribution in [2.75, 3.05) is 11.9 Å². The number of fused-ring (bicyclic) bond motifs is 2. The fraction of sp³-hybridized carbons (Fsp3) is 0.571. The lowest BCUT2D eigenvalue weighted by molar-refractivity contribution is 0.0706. The lowest BCUT2D eigenvalue weighted by atomic mass is 9.76. The summed E-state index contributed by atoms with van der Waals surface area (Å²) in [6, 6.07) is 5.64. The Bertz CT molecular complexity index is 481. The Morgan fingerprint density at radius 2 is 2.40 bits per heavy atom. The molecule has 0 spiro atoms. The molecule has 0 radical (unpaired) electrons. The average Bonchev–Trinajstić information content (AvgIpc) is 2.98. The first-order valence-corrected chi connectivity index (χ1v) is 6.79. The van der Waals surface area contributed by atoms with E-state index in [0.717, 1.165) is 18.7 Å². The molecule has 3 atom stereocenters. The summed E-state index contributed by atoms with van der Waals surface area (Å²) in [5.41, 5.74) is 6.04. The molecule has 20 heavy (non-hydrogen) atoms. The SMILES string of the molecule is CC1(CN=C(N)Nc2ccccn2)CC2CCC1O2.I. The zero-order chi connectivity index (χ0) is 13.3. The van der Waals surface area contributed by atoms with Crippen LogP contribution in [-0.4, -0.2) is 29.7 Å². The summed E-state index contributed by atoms with van der Waals surface area (Å²) >= 11 is 0. The van der Waals surface area contributed by atoms with E-state index in [2.05, 4.69) is 22.2 Å². The number of nitrogens with zero attached hydrogens (tertiary/aromatic N) is 2. The molecule has 2 aliphatic heterocycles. The van der Waals surface area contributed by atoms with Gasteiger partial charge in [0.25, 0.3) is 0 Å². The highest BCUT2D eigenvalue weighted by atomic mass is 127. The predicted molar refractivity (Wildman–Crippen MR) is 90.4 cm³/mol. The molecule has 2 saturated heterocycles. The van der Waals surface area contributed by atoms with Crippen LogP contribution >= 0.6 is 24.0 Å². The molecule has 3 N–H and O–H groups in total. The first-order valence-electron chi connectivity index (χ1n) is 6.79. The van der Waals surface area contributed by atoms with Gasteiger partial charge in [-0.3, -0.25) is 4.99 Å². The van der Waals surface area contributed by atoms with Crippen molar-refractivity contribution >= 4 is 35.8 Å². The number of hydrogen-bond donors (Lipinski definition) is 2. The van der Waals surface area contributed by atoms with Gasteiger partial charge in [0, 0.05) is 11.6 Å². The van der Waals surface area contributed by atoms with Crippen LogP contribution < -0.4 is 11.1 Å². The van der Waals surface area contributed by atoms with Crippen molar-refractivity contribution in [1.82, 2.24) is 4.98 Å². The molecule has 2 fully saturated rings. The first-order chi connectivity index (χ1) is 9.16. The molecule has 0 aromatic carbocycles. The van der Waals surface area contributed by atoms with Gasteiger partial charge in [-0.15, -0.1) is 24.0 Å². The van der Waals surface area contributed by atoms with E-state index in [1.165, 1.54) is 6.42 Å². The number of nitrogens with one attached hydrogen (secondary N) is 1. The maximum atomic E-state index is 5.90. The van der Waals surface area contributed by atoms with Crippen LogP contribution in [0, 0.1) is 5.41 Å². The molecular weight excluding hydrogens is 367 g/mol. The van der Waals surface area contributed by atoms with Crippen molar-refractivity contribution in [3.8, 4) is 0 Å². The minimum atomic E-state index is 0. The van der Waals surface area contributed by atoms with Crippen LogP contribution in [0.4, 0.5) is 5.82 Å². The van der Waals surface area contributed by atoms with Crippen LogP contribution in [0.3, 0.4) is 0 Å². The number of hydrogen-bond acceptors (Lipinski definition) is 3. The second kappa shape index (κ2) is 6.26. The van der Waals surface area contributed by atoms with Crippen molar-refractivity contribution < 1.29 is 4.74 Å². The molecule has 6 heteroatoms. The summed E-state index contributed by atoms with van der Waals surface area (Å²) in [4.78, 5) is 8.61. The molecule has 1 aromatic rings. The molecule has 1 aromatic heterocycles. The van der Waals surface area contributed by atoms with Crippen molar-refractivity contribution in [3.63, 3.8) is 0 Å². The second-order valence-corrected chi connectivity index (χ2v) is 5.72. The van der Waals surface area contributed by atoms with Crippen LogP contribution in [0.2, 0.25) is 0 Å². The third kappa shape index (κ3) is 3.22. The Kier molecular flexibility index (Phi) is 4.85. The summed E-state index contributed by atoms with van der Waals surface area (Å²) in [6.45, 7) is 2.95. The van der Waals surface area contributed by atoms with Gasteiger partial charge in [-0.05, 0) is 31.4 Å². The van der Waals surface area contributed by atoms with E-state index in [0.29, 0.717) is 24.7 Å². The quantitative estimate of drug-likeness (QED) is 0.474. The van der Waals surface area contributed by atoms with Gasteiger partial charge >= 0.3 is 0 Å². The minimum absolute atomic E-state index is 0. The largest absolute Gasteiger partial charge is 0.374 e. The van der Waals surface area contributed by atoms with Crippen LogP contribution in [-0.2, 0) is 4.74 Å². The van der Waals surface area contributed by atoms with E-state index >= 15 is 0 Å². The molecule has 2 aliphatic rings. The fourth-order valence-corrected chi connectivity index (χ4v) is 3.06. The van der Waals surface area contributed by atoms with Crippen molar-refractivity contribution in [1.29, 1.82) is 0 Å². The van der Waals surface area contributed by atoms with Gasteiger partial charge in [0.2, 0.25) is 0 Å². The Morgan fingerprint density at radius 3 is 3.00 bits per heavy atom. The maximum absolute atomic E-state index is 5.90.